The van der Waals surface area contributed by atoms with Gasteiger partial charge in [-0.2, -0.15) is 5.10 Å². The molecule has 150 valence electrons. The predicted octanol–water partition coefficient (Wildman–Crippen LogP) is 4.72. The lowest BCUT2D eigenvalue weighted by Gasteiger charge is -2.12. The molecule has 0 saturated carbocycles. The van der Waals surface area contributed by atoms with E-state index in [9.17, 15) is 4.79 Å². The van der Waals surface area contributed by atoms with Crippen LogP contribution in [0.3, 0.4) is 0 Å². The van der Waals surface area contributed by atoms with Crippen LogP contribution in [0.2, 0.25) is 0 Å². The van der Waals surface area contributed by atoms with E-state index in [-0.39, 0.29) is 11.7 Å². The number of nitrogens with zero attached hydrogens (tertiary/aromatic N) is 2. The number of hydrogen-bond donors (Lipinski definition) is 1. The zero-order chi connectivity index (χ0) is 20.6. The normalized spacial score (nSPS) is 11.0. The molecule has 0 aliphatic rings. The number of para-hydroxylation sites is 1. The first kappa shape index (κ1) is 21.6. The van der Waals surface area contributed by atoms with E-state index in [4.69, 9.17) is 9.47 Å². The van der Waals surface area contributed by atoms with Gasteiger partial charge in [-0.15, -0.1) is 11.3 Å². The highest BCUT2D eigenvalue weighted by molar-refractivity contribution is 14.1. The minimum Gasteiger partial charge on any atom is -0.493 e. The fourth-order valence-corrected chi connectivity index (χ4v) is 4.99. The standard InChI is InChI=1S/C20H18IN3O3S2/c1-3-8-27-19-14(21)9-13(10-16(19)26-2)11-22-24-18(25)12-28-20-23-15-6-4-5-7-17(15)29-20/h3-7,9-11H,1,8,12H2,2H3,(H,24,25)/b22-11-. The topological polar surface area (TPSA) is 72.8 Å². The molecule has 1 N–H and O–H groups in total. The second kappa shape index (κ2) is 10.6. The number of rotatable bonds is 9. The van der Waals surface area contributed by atoms with Gasteiger partial charge >= 0.3 is 0 Å². The number of hydrazone groups is 1. The molecule has 9 heteroatoms. The number of nitrogens with one attached hydrogen (secondary N) is 1. The van der Waals surface area contributed by atoms with Gasteiger partial charge in [-0.1, -0.05) is 36.5 Å². The summed E-state index contributed by atoms with van der Waals surface area (Å²) in [6.07, 6.45) is 3.25. The number of ether oxygens (including phenoxy) is 2. The Labute approximate surface area is 190 Å². The molecular formula is C20H18IN3O3S2. The molecule has 0 fully saturated rings. The van der Waals surface area contributed by atoms with Gasteiger partial charge in [0.15, 0.2) is 15.8 Å². The van der Waals surface area contributed by atoms with Crippen LogP contribution < -0.4 is 14.9 Å². The monoisotopic (exact) mass is 539 g/mol. The molecule has 3 rings (SSSR count). The van der Waals surface area contributed by atoms with Crippen molar-refractivity contribution in [1.29, 1.82) is 0 Å². The van der Waals surface area contributed by atoms with Crippen LogP contribution in [0.25, 0.3) is 10.2 Å². The Bertz CT molecular complexity index is 1020. The first-order chi connectivity index (χ1) is 14.1. The molecule has 0 bridgehead atoms. The highest BCUT2D eigenvalue weighted by atomic mass is 127. The molecule has 0 saturated heterocycles. The summed E-state index contributed by atoms with van der Waals surface area (Å²) < 4.78 is 13.9. The van der Waals surface area contributed by atoms with E-state index in [1.807, 2.05) is 30.3 Å². The first-order valence-electron chi connectivity index (χ1n) is 8.52. The van der Waals surface area contributed by atoms with Gasteiger partial charge in [0.25, 0.3) is 5.91 Å². The Hall–Kier alpha value is -2.11. The fraction of sp³-hybridized carbons (Fsp3) is 0.150. The number of fused-ring (bicyclic) bond motifs is 1. The van der Waals surface area contributed by atoms with Gasteiger partial charge in [0, 0.05) is 0 Å². The van der Waals surface area contributed by atoms with Crippen LogP contribution in [-0.2, 0) is 4.79 Å². The maximum Gasteiger partial charge on any atom is 0.250 e. The van der Waals surface area contributed by atoms with Crippen LogP contribution in [0, 0.1) is 3.57 Å². The molecule has 0 aliphatic carbocycles. The lowest BCUT2D eigenvalue weighted by molar-refractivity contribution is -0.118. The lowest BCUT2D eigenvalue weighted by atomic mass is 10.2. The predicted molar refractivity (Wildman–Crippen MR) is 127 cm³/mol. The molecule has 2 aromatic carbocycles. The molecule has 0 atom stereocenters. The molecule has 1 aromatic heterocycles. The van der Waals surface area contributed by atoms with Crippen molar-refractivity contribution in [3.8, 4) is 11.5 Å². The smallest absolute Gasteiger partial charge is 0.250 e. The number of benzene rings is 2. The molecular weight excluding hydrogens is 521 g/mol. The van der Waals surface area contributed by atoms with Gasteiger partial charge in [-0.3, -0.25) is 4.79 Å². The number of halogens is 1. The highest BCUT2D eigenvalue weighted by Gasteiger charge is 2.11. The maximum atomic E-state index is 12.1. The van der Waals surface area contributed by atoms with Crippen LogP contribution in [-0.4, -0.2) is 36.6 Å². The van der Waals surface area contributed by atoms with E-state index in [2.05, 4.69) is 44.7 Å². The summed E-state index contributed by atoms with van der Waals surface area (Å²) in [7, 11) is 1.58. The number of amides is 1. The zero-order valence-electron chi connectivity index (χ0n) is 15.6. The van der Waals surface area contributed by atoms with Crippen LogP contribution >= 0.6 is 45.7 Å². The van der Waals surface area contributed by atoms with Gasteiger partial charge in [0.2, 0.25) is 0 Å². The fourth-order valence-electron chi connectivity index (χ4n) is 2.35. The Balaban J connectivity index is 1.56. The van der Waals surface area contributed by atoms with Crippen molar-refractivity contribution < 1.29 is 14.3 Å². The number of methoxy groups -OCH3 is 1. The quantitative estimate of drug-likeness (QED) is 0.140. The van der Waals surface area contributed by atoms with Crippen molar-refractivity contribution >= 4 is 68.0 Å². The number of hydrogen-bond acceptors (Lipinski definition) is 7. The second-order valence-corrected chi connectivity index (χ2v) is 9.08. The largest absolute Gasteiger partial charge is 0.493 e. The molecule has 0 aliphatic heterocycles. The summed E-state index contributed by atoms with van der Waals surface area (Å²) >= 11 is 5.14. The van der Waals surface area contributed by atoms with E-state index in [0.29, 0.717) is 18.1 Å². The Kier molecular flexibility index (Phi) is 7.90. The van der Waals surface area contributed by atoms with Crippen molar-refractivity contribution in [2.24, 2.45) is 5.10 Å². The molecule has 0 spiro atoms. The van der Waals surface area contributed by atoms with Crippen molar-refractivity contribution in [3.63, 3.8) is 0 Å². The summed E-state index contributed by atoms with van der Waals surface area (Å²) in [6.45, 7) is 4.04. The van der Waals surface area contributed by atoms with Gasteiger partial charge < -0.3 is 9.47 Å². The van der Waals surface area contributed by atoms with Crippen LogP contribution in [0.15, 0.2) is 58.5 Å². The second-order valence-electron chi connectivity index (χ2n) is 5.66. The number of carbonyl (C=O) groups is 1. The lowest BCUT2D eigenvalue weighted by Crippen LogP contribution is -2.19. The third-order valence-electron chi connectivity index (χ3n) is 3.60. The molecule has 1 heterocycles. The van der Waals surface area contributed by atoms with Gasteiger partial charge in [0.1, 0.15) is 6.61 Å². The van der Waals surface area contributed by atoms with E-state index in [1.165, 1.54) is 11.8 Å². The van der Waals surface area contributed by atoms with Crippen molar-refractivity contribution in [1.82, 2.24) is 10.4 Å². The van der Waals surface area contributed by atoms with Crippen LogP contribution in [0.1, 0.15) is 5.56 Å². The number of thiazole rings is 1. The Morgan fingerprint density at radius 3 is 3.00 bits per heavy atom. The highest BCUT2D eigenvalue weighted by Crippen LogP contribution is 2.33. The average Bonchev–Trinajstić information content (AvgIpc) is 3.14. The molecule has 6 nitrogen and oxygen atoms in total. The third kappa shape index (κ3) is 5.94. The van der Waals surface area contributed by atoms with Crippen LogP contribution in [0.5, 0.6) is 11.5 Å². The summed E-state index contributed by atoms with van der Waals surface area (Å²) in [5.74, 6) is 1.30. The number of thioether (sulfide) groups is 1. The summed E-state index contributed by atoms with van der Waals surface area (Å²) in [4.78, 5) is 16.6. The number of aromatic nitrogens is 1. The minimum atomic E-state index is -0.196. The van der Waals surface area contributed by atoms with Crippen molar-refractivity contribution in [2.75, 3.05) is 19.5 Å². The minimum absolute atomic E-state index is 0.196. The van der Waals surface area contributed by atoms with E-state index in [0.717, 1.165) is 23.7 Å². The third-order valence-corrected chi connectivity index (χ3v) is 6.58. The van der Waals surface area contributed by atoms with E-state index in [1.54, 1.807) is 36.8 Å². The molecule has 29 heavy (non-hydrogen) atoms. The van der Waals surface area contributed by atoms with Crippen molar-refractivity contribution in [3.05, 3.63) is 58.2 Å². The molecule has 0 unspecified atom stereocenters. The summed E-state index contributed by atoms with van der Waals surface area (Å²) in [5.41, 5.74) is 4.27. The number of carbonyl (C=O) groups excluding carboxylic acids is 1. The molecule has 3 aromatic rings. The average molecular weight is 539 g/mol. The summed E-state index contributed by atoms with van der Waals surface area (Å²) in [6, 6.07) is 11.6. The maximum absolute atomic E-state index is 12.1. The molecule has 1 amide bonds. The SMILES string of the molecule is C=CCOc1c(I)cc(/C=N\NC(=O)CSc2nc3ccccc3s2)cc1OC. The van der Waals surface area contributed by atoms with Crippen LogP contribution in [0.4, 0.5) is 0 Å². The van der Waals surface area contributed by atoms with Gasteiger partial charge in [-0.25, -0.2) is 10.4 Å². The Morgan fingerprint density at radius 1 is 1.41 bits per heavy atom. The summed E-state index contributed by atoms with van der Waals surface area (Å²) in [5, 5.41) is 4.03. The molecule has 0 radical (unpaired) electrons. The first-order valence-corrected chi connectivity index (χ1v) is 11.4. The van der Waals surface area contributed by atoms with E-state index < -0.39 is 0 Å². The zero-order valence-corrected chi connectivity index (χ0v) is 19.3. The Morgan fingerprint density at radius 2 is 2.24 bits per heavy atom. The van der Waals surface area contributed by atoms with Crippen molar-refractivity contribution in [2.45, 2.75) is 4.34 Å². The van der Waals surface area contributed by atoms with Gasteiger partial charge in [0.05, 0.1) is 32.9 Å². The van der Waals surface area contributed by atoms with E-state index >= 15 is 0 Å². The van der Waals surface area contributed by atoms with Gasteiger partial charge in [-0.05, 0) is 52.4 Å².